The Hall–Kier alpha value is -2.67. The first-order chi connectivity index (χ1) is 11.7. The molecule has 0 aliphatic carbocycles. The molecule has 0 fully saturated rings. The van der Waals surface area contributed by atoms with Crippen LogP contribution in [0.3, 0.4) is 0 Å². The zero-order valence-electron chi connectivity index (χ0n) is 14.3. The van der Waals surface area contributed by atoms with Crippen LogP contribution in [0.2, 0.25) is 0 Å². The van der Waals surface area contributed by atoms with Gasteiger partial charge in [-0.1, -0.05) is 6.92 Å². The highest BCUT2D eigenvalue weighted by molar-refractivity contribution is 5.85. The Labute approximate surface area is 151 Å². The van der Waals surface area contributed by atoms with E-state index >= 15 is 0 Å². The number of methoxy groups -OCH3 is 1. The summed E-state index contributed by atoms with van der Waals surface area (Å²) < 4.78 is 9.14. The Morgan fingerprint density at radius 3 is 2.68 bits per heavy atom. The fraction of sp³-hybridized carbons (Fsp3) is 0.294. The van der Waals surface area contributed by atoms with Gasteiger partial charge in [0.25, 0.3) is 0 Å². The fourth-order valence-electron chi connectivity index (χ4n) is 2.98. The van der Waals surface area contributed by atoms with E-state index in [1.165, 1.54) is 0 Å². The van der Waals surface area contributed by atoms with Crippen LogP contribution in [0, 0.1) is 6.92 Å². The van der Waals surface area contributed by atoms with E-state index in [9.17, 15) is 0 Å². The van der Waals surface area contributed by atoms with Gasteiger partial charge in [-0.15, -0.1) is 12.4 Å². The third-order valence-corrected chi connectivity index (χ3v) is 4.00. The number of hydrogen-bond donors (Lipinski definition) is 0. The Bertz CT molecular complexity index is 1020. The van der Waals surface area contributed by atoms with Gasteiger partial charge in [-0.3, -0.25) is 4.40 Å². The quantitative estimate of drug-likeness (QED) is 0.560. The molecule has 8 heteroatoms. The SMILES string of the molecule is CCCc1nc(C)c2c(-n3cccn3)nc3ccc(OC)nc3n12.Cl. The number of halogens is 1. The lowest BCUT2D eigenvalue weighted by Crippen LogP contribution is -2.06. The molecule has 4 heterocycles. The van der Waals surface area contributed by atoms with Crippen LogP contribution in [-0.2, 0) is 6.42 Å². The molecule has 7 nitrogen and oxygen atoms in total. The first kappa shape index (κ1) is 17.2. The molecule has 130 valence electrons. The largest absolute Gasteiger partial charge is 0.481 e. The standard InChI is InChI=1S/C17H18N6O.ClH/c1-4-6-13-19-11(2)15-17(22-10-5-9-18-22)20-12-7-8-14(24-3)21-16(12)23(13)15;/h5,7-10H,4,6H2,1-3H3;1H. The monoisotopic (exact) mass is 358 g/mol. The van der Waals surface area contributed by atoms with Crippen molar-refractivity contribution in [2.45, 2.75) is 26.7 Å². The molecule has 0 radical (unpaired) electrons. The molecule has 0 unspecified atom stereocenters. The predicted molar refractivity (Wildman–Crippen MR) is 97.9 cm³/mol. The average molecular weight is 359 g/mol. The second-order valence-corrected chi connectivity index (χ2v) is 5.63. The summed E-state index contributed by atoms with van der Waals surface area (Å²) in [6.07, 6.45) is 5.50. The van der Waals surface area contributed by atoms with Gasteiger partial charge in [0.1, 0.15) is 16.9 Å². The fourth-order valence-corrected chi connectivity index (χ4v) is 2.98. The molecular weight excluding hydrogens is 340 g/mol. The van der Waals surface area contributed by atoms with Crippen molar-refractivity contribution < 1.29 is 4.74 Å². The molecule has 0 spiro atoms. The number of aromatic nitrogens is 6. The zero-order chi connectivity index (χ0) is 16.7. The molecule has 0 saturated heterocycles. The maximum absolute atomic E-state index is 5.29. The number of rotatable bonds is 4. The topological polar surface area (TPSA) is 70.1 Å². The van der Waals surface area contributed by atoms with Crippen LogP contribution >= 0.6 is 12.4 Å². The summed E-state index contributed by atoms with van der Waals surface area (Å²) in [7, 11) is 1.61. The Morgan fingerprint density at radius 1 is 1.16 bits per heavy atom. The number of nitrogens with zero attached hydrogens (tertiary/aromatic N) is 6. The number of fused-ring (bicyclic) bond motifs is 3. The summed E-state index contributed by atoms with van der Waals surface area (Å²) in [5.74, 6) is 2.30. The van der Waals surface area contributed by atoms with E-state index in [1.54, 1.807) is 18.0 Å². The van der Waals surface area contributed by atoms with Gasteiger partial charge in [0.05, 0.1) is 12.8 Å². The number of hydrogen-bond acceptors (Lipinski definition) is 5. The second kappa shape index (κ2) is 6.68. The van der Waals surface area contributed by atoms with Gasteiger partial charge in [-0.05, 0) is 25.5 Å². The third kappa shape index (κ3) is 2.70. The van der Waals surface area contributed by atoms with Crippen LogP contribution in [0.4, 0.5) is 0 Å². The maximum atomic E-state index is 5.29. The van der Waals surface area contributed by atoms with Crippen molar-refractivity contribution >= 4 is 29.1 Å². The molecule has 0 aliphatic rings. The van der Waals surface area contributed by atoms with Crippen LogP contribution in [-0.4, -0.2) is 36.2 Å². The summed E-state index contributed by atoms with van der Waals surface area (Å²) in [6.45, 7) is 4.14. The van der Waals surface area contributed by atoms with Crippen molar-refractivity contribution in [1.82, 2.24) is 29.1 Å². The van der Waals surface area contributed by atoms with Crippen LogP contribution in [0.5, 0.6) is 5.88 Å². The van der Waals surface area contributed by atoms with Crippen LogP contribution in [0.25, 0.3) is 22.5 Å². The van der Waals surface area contributed by atoms with Crippen molar-refractivity contribution in [3.63, 3.8) is 0 Å². The van der Waals surface area contributed by atoms with Gasteiger partial charge in [0.15, 0.2) is 11.5 Å². The van der Waals surface area contributed by atoms with Gasteiger partial charge >= 0.3 is 0 Å². The van der Waals surface area contributed by atoms with E-state index in [-0.39, 0.29) is 12.4 Å². The van der Waals surface area contributed by atoms with Crippen molar-refractivity contribution in [2.24, 2.45) is 0 Å². The summed E-state index contributed by atoms with van der Waals surface area (Å²) in [4.78, 5) is 14.1. The molecule has 0 atom stereocenters. The van der Waals surface area contributed by atoms with Crippen LogP contribution in [0.15, 0.2) is 30.6 Å². The highest BCUT2D eigenvalue weighted by Crippen LogP contribution is 2.26. The van der Waals surface area contributed by atoms with Crippen LogP contribution in [0.1, 0.15) is 24.9 Å². The molecule has 0 N–H and O–H groups in total. The molecule has 4 aromatic rings. The third-order valence-electron chi connectivity index (χ3n) is 4.00. The first-order valence-electron chi connectivity index (χ1n) is 7.95. The molecule has 4 aromatic heterocycles. The second-order valence-electron chi connectivity index (χ2n) is 5.63. The molecule has 0 amide bonds. The first-order valence-corrected chi connectivity index (χ1v) is 7.95. The molecule has 4 rings (SSSR count). The number of aryl methyl sites for hydroxylation is 2. The minimum Gasteiger partial charge on any atom is -0.481 e. The molecule has 0 saturated carbocycles. The minimum absolute atomic E-state index is 0. The maximum Gasteiger partial charge on any atom is 0.215 e. The Kier molecular flexibility index (Phi) is 4.59. The average Bonchev–Trinajstić information content (AvgIpc) is 3.23. The van der Waals surface area contributed by atoms with E-state index < -0.39 is 0 Å². The van der Waals surface area contributed by atoms with Gasteiger partial charge < -0.3 is 4.74 Å². The zero-order valence-corrected chi connectivity index (χ0v) is 15.1. The lowest BCUT2D eigenvalue weighted by atomic mass is 10.3. The summed E-state index contributed by atoms with van der Waals surface area (Å²) in [6, 6.07) is 5.61. The van der Waals surface area contributed by atoms with E-state index in [0.29, 0.717) is 5.88 Å². The number of imidazole rings is 1. The molecular formula is C17H19ClN6O. The molecule has 0 bridgehead atoms. The van der Waals surface area contributed by atoms with E-state index in [1.807, 2.05) is 31.3 Å². The number of pyridine rings is 1. The molecule has 0 aromatic carbocycles. The highest BCUT2D eigenvalue weighted by Gasteiger charge is 2.19. The van der Waals surface area contributed by atoms with Crippen LogP contribution < -0.4 is 4.74 Å². The van der Waals surface area contributed by atoms with Gasteiger partial charge in [0, 0.05) is 24.9 Å². The van der Waals surface area contributed by atoms with E-state index in [0.717, 1.165) is 46.9 Å². The molecule has 25 heavy (non-hydrogen) atoms. The summed E-state index contributed by atoms with van der Waals surface area (Å²) in [5, 5.41) is 4.34. The van der Waals surface area contributed by atoms with Gasteiger partial charge in [-0.2, -0.15) is 10.1 Å². The Morgan fingerprint density at radius 2 is 2.00 bits per heavy atom. The minimum atomic E-state index is 0. The van der Waals surface area contributed by atoms with Gasteiger partial charge in [-0.25, -0.2) is 14.6 Å². The summed E-state index contributed by atoms with van der Waals surface area (Å²) >= 11 is 0. The van der Waals surface area contributed by atoms with E-state index in [2.05, 4.69) is 21.4 Å². The molecule has 0 aliphatic heterocycles. The van der Waals surface area contributed by atoms with Crippen molar-refractivity contribution in [1.29, 1.82) is 0 Å². The lowest BCUT2D eigenvalue weighted by Gasteiger charge is -2.10. The Balaban J connectivity index is 0.00000182. The summed E-state index contributed by atoms with van der Waals surface area (Å²) in [5.41, 5.74) is 3.38. The predicted octanol–water partition coefficient (Wildman–Crippen LogP) is 3.15. The van der Waals surface area contributed by atoms with Crippen molar-refractivity contribution in [3.05, 3.63) is 42.1 Å². The number of ether oxygens (including phenoxy) is 1. The van der Waals surface area contributed by atoms with Gasteiger partial charge in [0.2, 0.25) is 5.88 Å². The van der Waals surface area contributed by atoms with Crippen molar-refractivity contribution in [2.75, 3.05) is 7.11 Å². The van der Waals surface area contributed by atoms with Crippen molar-refractivity contribution in [3.8, 4) is 11.7 Å². The van der Waals surface area contributed by atoms with E-state index in [4.69, 9.17) is 14.7 Å². The highest BCUT2D eigenvalue weighted by atomic mass is 35.5. The lowest BCUT2D eigenvalue weighted by molar-refractivity contribution is 0.399. The normalized spacial score (nSPS) is 11.0. The smallest absolute Gasteiger partial charge is 0.215 e.